The lowest BCUT2D eigenvalue weighted by molar-refractivity contribution is -0.516. The number of benzene rings is 1. The summed E-state index contributed by atoms with van der Waals surface area (Å²) in [6.45, 7) is 8.83. The highest BCUT2D eigenvalue weighted by atomic mass is 16.7. The van der Waals surface area contributed by atoms with Gasteiger partial charge in [-0.2, -0.15) is 5.06 Å². The fourth-order valence-electron chi connectivity index (χ4n) is 4.79. The second kappa shape index (κ2) is 7.69. The van der Waals surface area contributed by atoms with Gasteiger partial charge in [0.15, 0.2) is 12.3 Å². The lowest BCUT2D eigenvalue weighted by Crippen LogP contribution is -2.63. The fourth-order valence-corrected chi connectivity index (χ4v) is 4.79. The van der Waals surface area contributed by atoms with Gasteiger partial charge in [0.2, 0.25) is 0 Å². The molecule has 0 radical (unpaired) electrons. The molecule has 1 aromatic rings. The van der Waals surface area contributed by atoms with E-state index in [1.54, 1.807) is 6.21 Å². The molecule has 0 atom stereocenters. The van der Waals surface area contributed by atoms with E-state index in [0.29, 0.717) is 6.10 Å². The van der Waals surface area contributed by atoms with Crippen LogP contribution < -0.4 is 0 Å². The average Bonchev–Trinajstić information content (AvgIpc) is 2.59. The van der Waals surface area contributed by atoms with Crippen LogP contribution in [-0.4, -0.2) is 39.2 Å². The van der Waals surface area contributed by atoms with E-state index >= 15 is 0 Å². The lowest BCUT2D eigenvalue weighted by Gasteiger charge is -2.53. The highest BCUT2D eigenvalue weighted by Crippen LogP contribution is 2.41. The molecule has 1 aliphatic carbocycles. The molecule has 26 heavy (non-hydrogen) atoms. The van der Waals surface area contributed by atoms with Crippen LogP contribution in [0, 0.1) is 5.21 Å². The molecule has 1 aliphatic heterocycles. The topological polar surface area (TPSA) is 38.5 Å². The molecule has 0 amide bonds. The Labute approximate surface area is 158 Å². The second-order valence-corrected chi connectivity index (χ2v) is 9.25. The summed E-state index contributed by atoms with van der Waals surface area (Å²) in [6.07, 6.45) is 9.83. The molecular weight excluding hydrogens is 324 g/mol. The Kier molecular flexibility index (Phi) is 5.73. The van der Waals surface area contributed by atoms with Gasteiger partial charge in [-0.15, -0.1) is 0 Å². The Morgan fingerprint density at radius 1 is 1.00 bits per heavy atom. The van der Waals surface area contributed by atoms with E-state index in [0.717, 1.165) is 36.0 Å². The third kappa shape index (κ3) is 4.47. The van der Waals surface area contributed by atoms with E-state index in [-0.39, 0.29) is 17.1 Å². The number of nitrogens with zero attached hydrogens (tertiary/aromatic N) is 2. The molecule has 1 saturated heterocycles. The van der Waals surface area contributed by atoms with Gasteiger partial charge in [0.1, 0.15) is 0 Å². The standard InChI is InChI=1S/C22H34N2O2/c1-21(2)15-19(23(25)17-18-11-7-5-8-12-18)16-22(3,4)24(21)26-20-13-9-6-10-14-20/h5,7-8,11-12,17,19-20H,6,9-10,13-16H2,1-4H3. The van der Waals surface area contributed by atoms with E-state index in [1.807, 2.05) is 30.3 Å². The summed E-state index contributed by atoms with van der Waals surface area (Å²) in [6, 6.07) is 9.82. The Hall–Kier alpha value is -1.39. The molecule has 2 fully saturated rings. The molecule has 4 nitrogen and oxygen atoms in total. The zero-order valence-corrected chi connectivity index (χ0v) is 16.8. The van der Waals surface area contributed by atoms with E-state index in [4.69, 9.17) is 4.84 Å². The Balaban J connectivity index is 1.75. The number of rotatable bonds is 4. The SMILES string of the molecule is CC1(C)CC([N+]([O-])=Cc2ccccc2)CC(C)(C)N1OC1CCCCC1. The zero-order chi connectivity index (χ0) is 18.8. The molecule has 144 valence electrons. The van der Waals surface area contributed by atoms with E-state index in [9.17, 15) is 5.21 Å². The maximum Gasteiger partial charge on any atom is 0.182 e. The van der Waals surface area contributed by atoms with Crippen molar-refractivity contribution in [2.75, 3.05) is 0 Å². The van der Waals surface area contributed by atoms with E-state index in [1.165, 1.54) is 19.3 Å². The van der Waals surface area contributed by atoms with Crippen molar-refractivity contribution < 1.29 is 9.58 Å². The summed E-state index contributed by atoms with van der Waals surface area (Å²) < 4.78 is 1.16. The third-order valence-electron chi connectivity index (χ3n) is 5.81. The molecule has 0 N–H and O–H groups in total. The van der Waals surface area contributed by atoms with Crippen LogP contribution in [0.3, 0.4) is 0 Å². The quantitative estimate of drug-likeness (QED) is 0.332. The summed E-state index contributed by atoms with van der Waals surface area (Å²) in [5, 5.41) is 15.1. The molecule has 2 aliphatic rings. The predicted octanol–water partition coefficient (Wildman–Crippen LogP) is 4.90. The molecular formula is C22H34N2O2. The third-order valence-corrected chi connectivity index (χ3v) is 5.81. The zero-order valence-electron chi connectivity index (χ0n) is 16.8. The highest BCUT2D eigenvalue weighted by Gasteiger charge is 2.50. The first-order valence-corrected chi connectivity index (χ1v) is 10.1. The second-order valence-electron chi connectivity index (χ2n) is 9.25. The first kappa shape index (κ1) is 19.4. The normalized spacial score (nSPS) is 25.3. The lowest BCUT2D eigenvalue weighted by atomic mass is 9.79. The van der Waals surface area contributed by atoms with Gasteiger partial charge in [-0.3, -0.25) is 4.84 Å². The van der Waals surface area contributed by atoms with Crippen LogP contribution in [0.1, 0.15) is 78.2 Å². The van der Waals surface area contributed by atoms with Gasteiger partial charge < -0.3 is 5.21 Å². The summed E-state index contributed by atoms with van der Waals surface area (Å²) in [4.78, 5) is 6.51. The maximum atomic E-state index is 12.8. The Bertz CT molecular complexity index is 600. The average molecular weight is 359 g/mol. The van der Waals surface area contributed by atoms with Gasteiger partial charge in [0.25, 0.3) is 0 Å². The van der Waals surface area contributed by atoms with Crippen LogP contribution in [-0.2, 0) is 4.84 Å². The van der Waals surface area contributed by atoms with Crippen LogP contribution in [0.15, 0.2) is 30.3 Å². The minimum atomic E-state index is -0.170. The van der Waals surface area contributed by atoms with Gasteiger partial charge >= 0.3 is 0 Å². The summed E-state index contributed by atoms with van der Waals surface area (Å²) in [5.74, 6) is 0. The van der Waals surface area contributed by atoms with Crippen molar-refractivity contribution in [1.82, 2.24) is 5.06 Å². The Morgan fingerprint density at radius 2 is 1.58 bits per heavy atom. The summed E-state index contributed by atoms with van der Waals surface area (Å²) >= 11 is 0. The fraction of sp³-hybridized carbons (Fsp3) is 0.682. The van der Waals surface area contributed by atoms with Crippen LogP contribution in [0.25, 0.3) is 0 Å². The molecule has 1 aromatic carbocycles. The van der Waals surface area contributed by atoms with Gasteiger partial charge in [0, 0.05) is 29.5 Å². The molecule has 0 bridgehead atoms. The van der Waals surface area contributed by atoms with Crippen molar-refractivity contribution >= 4 is 6.21 Å². The maximum absolute atomic E-state index is 12.8. The van der Waals surface area contributed by atoms with Crippen molar-refractivity contribution in [3.8, 4) is 0 Å². The number of hydrogen-bond donors (Lipinski definition) is 0. The molecule has 3 rings (SSSR count). The summed E-state index contributed by atoms with van der Waals surface area (Å²) in [7, 11) is 0. The minimum absolute atomic E-state index is 0.0357. The van der Waals surface area contributed by atoms with Crippen LogP contribution in [0.2, 0.25) is 0 Å². The van der Waals surface area contributed by atoms with Gasteiger partial charge in [-0.1, -0.05) is 37.5 Å². The van der Waals surface area contributed by atoms with Crippen LogP contribution in [0.5, 0.6) is 0 Å². The van der Waals surface area contributed by atoms with Crippen molar-refractivity contribution in [3.05, 3.63) is 41.1 Å². The van der Waals surface area contributed by atoms with Crippen LogP contribution in [0.4, 0.5) is 0 Å². The van der Waals surface area contributed by atoms with Gasteiger partial charge in [0.05, 0.1) is 6.10 Å². The number of hydroxylamine groups is 3. The molecule has 0 aromatic heterocycles. The van der Waals surface area contributed by atoms with Crippen molar-refractivity contribution in [3.63, 3.8) is 0 Å². The molecule has 0 unspecified atom stereocenters. The highest BCUT2D eigenvalue weighted by molar-refractivity contribution is 5.75. The van der Waals surface area contributed by atoms with Crippen molar-refractivity contribution in [1.29, 1.82) is 0 Å². The minimum Gasteiger partial charge on any atom is -0.624 e. The van der Waals surface area contributed by atoms with E-state index < -0.39 is 0 Å². The first-order chi connectivity index (χ1) is 12.3. The van der Waals surface area contributed by atoms with Crippen molar-refractivity contribution in [2.24, 2.45) is 0 Å². The largest absolute Gasteiger partial charge is 0.624 e. The summed E-state index contributed by atoms with van der Waals surface area (Å²) in [5.41, 5.74) is 0.618. The van der Waals surface area contributed by atoms with Gasteiger partial charge in [-0.25, -0.2) is 4.74 Å². The van der Waals surface area contributed by atoms with Crippen molar-refractivity contribution in [2.45, 2.75) is 95.9 Å². The van der Waals surface area contributed by atoms with Gasteiger partial charge in [-0.05, 0) is 52.7 Å². The number of piperidine rings is 1. The number of hydrogen-bond acceptors (Lipinski definition) is 3. The monoisotopic (exact) mass is 358 g/mol. The van der Waals surface area contributed by atoms with E-state index in [2.05, 4.69) is 32.8 Å². The Morgan fingerprint density at radius 3 is 2.15 bits per heavy atom. The molecule has 1 saturated carbocycles. The first-order valence-electron chi connectivity index (χ1n) is 10.1. The smallest absolute Gasteiger partial charge is 0.182 e. The van der Waals surface area contributed by atoms with Crippen LogP contribution >= 0.6 is 0 Å². The molecule has 0 spiro atoms. The molecule has 4 heteroatoms. The molecule has 1 heterocycles. The predicted molar refractivity (Wildman–Crippen MR) is 106 cm³/mol.